The van der Waals surface area contributed by atoms with Crippen molar-refractivity contribution < 1.29 is 14.7 Å². The number of benzene rings is 2. The van der Waals surface area contributed by atoms with E-state index in [4.69, 9.17) is 5.11 Å². The van der Waals surface area contributed by atoms with Gasteiger partial charge in [-0.25, -0.2) is 14.3 Å². The number of carbonyl (C=O) groups is 2. The lowest BCUT2D eigenvalue weighted by Crippen LogP contribution is -2.14. The summed E-state index contributed by atoms with van der Waals surface area (Å²) in [5.74, 6) is -0.817. The summed E-state index contributed by atoms with van der Waals surface area (Å²) in [4.78, 5) is 28.0. The molecule has 4 rings (SSSR count). The number of nitrogens with zero attached hydrogens (tertiary/aromatic N) is 3. The Labute approximate surface area is 179 Å². The number of aromatic carboxylic acids is 1. The summed E-state index contributed by atoms with van der Waals surface area (Å²) in [6.07, 6.45) is 1.64. The van der Waals surface area contributed by atoms with Gasteiger partial charge < -0.3 is 10.4 Å². The number of nitrogens with one attached hydrogen (secondary N) is 1. The fourth-order valence-electron chi connectivity index (χ4n) is 3.19. The Morgan fingerprint density at radius 3 is 2.16 bits per heavy atom. The average Bonchev–Trinajstić information content (AvgIpc) is 3.14. The van der Waals surface area contributed by atoms with E-state index < -0.39 is 5.97 Å². The van der Waals surface area contributed by atoms with Gasteiger partial charge in [-0.15, -0.1) is 0 Å². The first-order valence-corrected chi connectivity index (χ1v) is 9.83. The third kappa shape index (κ3) is 4.30. The van der Waals surface area contributed by atoms with Gasteiger partial charge in [-0.2, -0.15) is 5.10 Å². The van der Waals surface area contributed by atoms with Crippen molar-refractivity contribution in [2.45, 2.75) is 26.2 Å². The normalized spacial score (nSPS) is 11.5. The maximum Gasteiger partial charge on any atom is 0.335 e. The molecular weight excluding hydrogens is 392 g/mol. The highest BCUT2D eigenvalue weighted by Gasteiger charge is 2.15. The van der Waals surface area contributed by atoms with Gasteiger partial charge in [-0.05, 0) is 47.4 Å². The summed E-state index contributed by atoms with van der Waals surface area (Å²) in [7, 11) is 0. The highest BCUT2D eigenvalue weighted by atomic mass is 16.4. The summed E-state index contributed by atoms with van der Waals surface area (Å²) < 4.78 is 1.58. The minimum absolute atomic E-state index is 0.0218. The summed E-state index contributed by atoms with van der Waals surface area (Å²) in [5, 5.41) is 16.4. The number of hydrogen-bond acceptors (Lipinski definition) is 4. The van der Waals surface area contributed by atoms with E-state index in [0.717, 1.165) is 11.1 Å². The highest BCUT2D eigenvalue weighted by molar-refractivity contribution is 6.03. The number of rotatable bonds is 4. The molecule has 156 valence electrons. The predicted octanol–water partition coefficient (Wildman–Crippen LogP) is 4.64. The van der Waals surface area contributed by atoms with Crippen LogP contribution in [0.2, 0.25) is 0 Å². The molecule has 0 saturated heterocycles. The molecule has 0 spiro atoms. The molecular formula is C24H22N4O3. The molecule has 7 nitrogen and oxygen atoms in total. The quantitative estimate of drug-likeness (QED) is 0.507. The van der Waals surface area contributed by atoms with Crippen LogP contribution >= 0.6 is 0 Å². The number of carboxylic acids is 1. The number of hydrogen-bond donors (Lipinski definition) is 2. The van der Waals surface area contributed by atoms with Crippen LogP contribution in [0, 0.1) is 0 Å². The van der Waals surface area contributed by atoms with Gasteiger partial charge in [0.05, 0.1) is 17.5 Å². The molecule has 2 heterocycles. The minimum Gasteiger partial charge on any atom is -0.478 e. The van der Waals surface area contributed by atoms with Crippen LogP contribution < -0.4 is 5.32 Å². The fraction of sp³-hybridized carbons (Fsp3) is 0.167. The standard InChI is InChI=1S/C24H22N4O3/c1-24(2,3)18-10-8-16(9-11-18)22(29)26-20-14-28-21(25-20)13-12-19(27-28)15-4-6-17(7-5-15)23(30)31/h4-14H,1-3H3,(H,26,29)(H,30,31). The Bertz CT molecular complexity index is 1270. The number of amides is 1. The molecule has 2 aromatic carbocycles. The van der Waals surface area contributed by atoms with Gasteiger partial charge in [0.15, 0.2) is 11.5 Å². The van der Waals surface area contributed by atoms with E-state index in [0.29, 0.717) is 22.7 Å². The van der Waals surface area contributed by atoms with E-state index in [9.17, 15) is 9.59 Å². The number of carboxylic acid groups (broad SMARTS) is 1. The second-order valence-electron chi connectivity index (χ2n) is 8.31. The second kappa shape index (κ2) is 7.68. The molecule has 0 radical (unpaired) electrons. The van der Waals surface area contributed by atoms with Crippen LogP contribution in [-0.2, 0) is 5.41 Å². The molecule has 2 N–H and O–H groups in total. The number of anilines is 1. The lowest BCUT2D eigenvalue weighted by atomic mass is 9.87. The number of aromatic nitrogens is 3. The summed E-state index contributed by atoms with van der Waals surface area (Å²) in [6, 6.07) is 17.6. The van der Waals surface area contributed by atoms with Crippen LogP contribution in [-0.4, -0.2) is 31.6 Å². The predicted molar refractivity (Wildman–Crippen MR) is 118 cm³/mol. The molecule has 0 aliphatic carbocycles. The van der Waals surface area contributed by atoms with Gasteiger partial charge >= 0.3 is 5.97 Å². The molecule has 0 saturated carbocycles. The molecule has 2 aromatic heterocycles. The van der Waals surface area contributed by atoms with Crippen molar-refractivity contribution in [1.82, 2.24) is 14.6 Å². The maximum atomic E-state index is 12.6. The van der Waals surface area contributed by atoms with E-state index in [1.165, 1.54) is 12.1 Å². The van der Waals surface area contributed by atoms with Crippen molar-refractivity contribution in [3.63, 3.8) is 0 Å². The van der Waals surface area contributed by atoms with Crippen LogP contribution in [0.1, 0.15) is 47.1 Å². The monoisotopic (exact) mass is 414 g/mol. The molecule has 0 atom stereocenters. The van der Waals surface area contributed by atoms with Gasteiger partial charge in [0, 0.05) is 11.1 Å². The van der Waals surface area contributed by atoms with Gasteiger partial charge in [0.25, 0.3) is 5.91 Å². The fourth-order valence-corrected chi connectivity index (χ4v) is 3.19. The Hall–Kier alpha value is -4.00. The van der Waals surface area contributed by atoms with Crippen molar-refractivity contribution in [1.29, 1.82) is 0 Å². The van der Waals surface area contributed by atoms with Gasteiger partial charge in [-0.1, -0.05) is 45.0 Å². The largest absolute Gasteiger partial charge is 0.478 e. The van der Waals surface area contributed by atoms with Gasteiger partial charge in [0.2, 0.25) is 0 Å². The Morgan fingerprint density at radius 1 is 0.903 bits per heavy atom. The van der Waals surface area contributed by atoms with E-state index in [1.54, 1.807) is 35.0 Å². The first kappa shape index (κ1) is 20.3. The average molecular weight is 414 g/mol. The number of fused-ring (bicyclic) bond motifs is 1. The highest BCUT2D eigenvalue weighted by Crippen LogP contribution is 2.23. The van der Waals surface area contributed by atoms with Crippen molar-refractivity contribution in [2.24, 2.45) is 0 Å². The molecule has 4 aromatic rings. The molecule has 0 unspecified atom stereocenters. The van der Waals surface area contributed by atoms with Crippen LogP contribution in [0.15, 0.2) is 66.9 Å². The van der Waals surface area contributed by atoms with E-state index >= 15 is 0 Å². The first-order chi connectivity index (χ1) is 14.7. The van der Waals surface area contributed by atoms with Crippen molar-refractivity contribution in [3.8, 4) is 11.3 Å². The van der Waals surface area contributed by atoms with Crippen LogP contribution in [0.3, 0.4) is 0 Å². The molecule has 1 amide bonds. The van der Waals surface area contributed by atoms with Crippen LogP contribution in [0.4, 0.5) is 5.82 Å². The Morgan fingerprint density at radius 2 is 1.55 bits per heavy atom. The molecule has 0 bridgehead atoms. The van der Waals surface area contributed by atoms with Crippen molar-refractivity contribution in [2.75, 3.05) is 5.32 Å². The number of carbonyl (C=O) groups excluding carboxylic acids is 1. The molecule has 0 aliphatic rings. The zero-order valence-corrected chi connectivity index (χ0v) is 17.5. The van der Waals surface area contributed by atoms with Crippen molar-refractivity contribution in [3.05, 3.63) is 83.6 Å². The minimum atomic E-state index is -0.974. The Balaban J connectivity index is 1.54. The number of imidazole rings is 1. The summed E-state index contributed by atoms with van der Waals surface area (Å²) in [6.45, 7) is 6.38. The smallest absolute Gasteiger partial charge is 0.335 e. The van der Waals surface area contributed by atoms with Crippen LogP contribution in [0.5, 0.6) is 0 Å². The summed E-state index contributed by atoms with van der Waals surface area (Å²) >= 11 is 0. The van der Waals surface area contributed by atoms with E-state index in [1.807, 2.05) is 24.3 Å². The van der Waals surface area contributed by atoms with Gasteiger partial charge in [-0.3, -0.25) is 4.79 Å². The van der Waals surface area contributed by atoms with Gasteiger partial charge in [0.1, 0.15) is 0 Å². The zero-order chi connectivity index (χ0) is 22.2. The third-order valence-corrected chi connectivity index (χ3v) is 5.00. The van der Waals surface area contributed by atoms with Crippen molar-refractivity contribution >= 4 is 23.3 Å². The topological polar surface area (TPSA) is 96.6 Å². The van der Waals surface area contributed by atoms with E-state index in [2.05, 4.69) is 36.2 Å². The summed E-state index contributed by atoms with van der Waals surface area (Å²) in [5.41, 5.74) is 3.98. The Kier molecular flexibility index (Phi) is 5.02. The second-order valence-corrected chi connectivity index (χ2v) is 8.31. The lowest BCUT2D eigenvalue weighted by Gasteiger charge is -2.18. The third-order valence-electron chi connectivity index (χ3n) is 5.00. The lowest BCUT2D eigenvalue weighted by molar-refractivity contribution is 0.0696. The first-order valence-electron chi connectivity index (χ1n) is 9.83. The molecule has 0 fully saturated rings. The molecule has 31 heavy (non-hydrogen) atoms. The molecule has 0 aliphatic heterocycles. The zero-order valence-electron chi connectivity index (χ0n) is 17.5. The maximum absolute atomic E-state index is 12.6. The SMILES string of the molecule is CC(C)(C)c1ccc(C(=O)Nc2cn3nc(-c4ccc(C(=O)O)cc4)ccc3n2)cc1. The van der Waals surface area contributed by atoms with E-state index in [-0.39, 0.29) is 16.9 Å². The molecule has 7 heteroatoms. The van der Waals surface area contributed by atoms with Crippen LogP contribution in [0.25, 0.3) is 16.9 Å².